The van der Waals surface area contributed by atoms with Gasteiger partial charge in [-0.25, -0.2) is 0 Å². The molecule has 1 atom stereocenters. The monoisotopic (exact) mass is 306 g/mol. The maximum Gasteiger partial charge on any atom is 0.237 e. The topological polar surface area (TPSA) is 32.3 Å². The molecule has 1 saturated carbocycles. The van der Waals surface area contributed by atoms with E-state index in [0.717, 1.165) is 19.4 Å². The summed E-state index contributed by atoms with van der Waals surface area (Å²) in [6, 6.07) is 8.86. The van der Waals surface area contributed by atoms with Gasteiger partial charge >= 0.3 is 0 Å². The van der Waals surface area contributed by atoms with E-state index in [-0.39, 0.29) is 11.9 Å². The predicted molar refractivity (Wildman–Crippen MR) is 89.6 cm³/mol. The van der Waals surface area contributed by atoms with E-state index in [4.69, 9.17) is 0 Å². The Morgan fingerprint density at radius 1 is 1.33 bits per heavy atom. The molecule has 2 rings (SSSR count). The molecule has 3 nitrogen and oxygen atoms in total. The van der Waals surface area contributed by atoms with Gasteiger partial charge in [0.15, 0.2) is 0 Å². The van der Waals surface area contributed by atoms with E-state index in [1.165, 1.54) is 23.3 Å². The van der Waals surface area contributed by atoms with Crippen molar-refractivity contribution in [3.8, 4) is 0 Å². The van der Waals surface area contributed by atoms with Gasteiger partial charge in [-0.05, 0) is 50.8 Å². The lowest BCUT2D eigenvalue weighted by Crippen LogP contribution is -2.46. The smallest absolute Gasteiger partial charge is 0.237 e. The lowest BCUT2D eigenvalue weighted by molar-refractivity contribution is -0.126. The fraction of sp³-hybridized carbons (Fsp3) is 0.588. The van der Waals surface area contributed by atoms with Crippen LogP contribution < -0.4 is 5.32 Å². The molecule has 1 fully saturated rings. The number of benzene rings is 1. The molecule has 21 heavy (non-hydrogen) atoms. The molecule has 0 aliphatic heterocycles. The van der Waals surface area contributed by atoms with Crippen LogP contribution in [0.1, 0.15) is 38.2 Å². The number of nitrogens with zero attached hydrogens (tertiary/aromatic N) is 1. The van der Waals surface area contributed by atoms with E-state index in [2.05, 4.69) is 40.7 Å². The van der Waals surface area contributed by atoms with Gasteiger partial charge in [0.05, 0.1) is 6.04 Å². The van der Waals surface area contributed by atoms with Crippen molar-refractivity contribution in [3.05, 3.63) is 29.8 Å². The minimum absolute atomic E-state index is 0.0918. The first-order chi connectivity index (χ1) is 10.1. The number of hydrogen-bond donors (Lipinski definition) is 1. The Bertz CT molecular complexity index is 454. The Labute approximate surface area is 132 Å². The quantitative estimate of drug-likeness (QED) is 0.819. The molecule has 1 aromatic rings. The van der Waals surface area contributed by atoms with Crippen LogP contribution in [0, 0.1) is 0 Å². The zero-order valence-corrected chi connectivity index (χ0v) is 14.1. The molecule has 0 radical (unpaired) electrons. The van der Waals surface area contributed by atoms with Crippen LogP contribution in [0.3, 0.4) is 0 Å². The number of thioether (sulfide) groups is 1. The maximum atomic E-state index is 12.3. The van der Waals surface area contributed by atoms with Crippen LogP contribution in [-0.4, -0.2) is 36.2 Å². The van der Waals surface area contributed by atoms with Gasteiger partial charge in [0.25, 0.3) is 0 Å². The number of hydrogen-bond acceptors (Lipinski definition) is 3. The average molecular weight is 306 g/mol. The zero-order chi connectivity index (χ0) is 15.2. The number of carbonyl (C=O) groups excluding carboxylic acids is 1. The van der Waals surface area contributed by atoms with E-state index in [1.807, 2.05) is 14.0 Å². The first-order valence-electron chi connectivity index (χ1n) is 7.73. The molecule has 0 spiro atoms. The second-order valence-corrected chi connectivity index (χ2v) is 6.81. The number of amides is 1. The van der Waals surface area contributed by atoms with E-state index in [1.54, 1.807) is 11.8 Å². The van der Waals surface area contributed by atoms with Crippen LogP contribution >= 0.6 is 11.8 Å². The second kappa shape index (κ2) is 7.85. The van der Waals surface area contributed by atoms with Crippen molar-refractivity contribution in [2.24, 2.45) is 0 Å². The zero-order valence-electron chi connectivity index (χ0n) is 13.3. The third-order valence-electron chi connectivity index (χ3n) is 4.33. The summed E-state index contributed by atoms with van der Waals surface area (Å²) >= 11 is 1.75. The van der Waals surface area contributed by atoms with Crippen LogP contribution in [-0.2, 0) is 11.3 Å². The SMILES string of the molecule is CSc1ccc(CN(C)C(C)C(=O)NC2CCCC2)cc1. The molecular weight excluding hydrogens is 280 g/mol. The highest BCUT2D eigenvalue weighted by Gasteiger charge is 2.23. The summed E-state index contributed by atoms with van der Waals surface area (Å²) < 4.78 is 0. The molecule has 0 aromatic heterocycles. The Kier molecular flexibility index (Phi) is 6.12. The van der Waals surface area contributed by atoms with Crippen molar-refractivity contribution in [1.29, 1.82) is 0 Å². The normalized spacial score (nSPS) is 17.1. The third kappa shape index (κ3) is 4.75. The van der Waals surface area contributed by atoms with Crippen molar-refractivity contribution in [2.75, 3.05) is 13.3 Å². The fourth-order valence-corrected chi connectivity index (χ4v) is 3.16. The van der Waals surface area contributed by atoms with Gasteiger partial charge in [-0.2, -0.15) is 0 Å². The average Bonchev–Trinajstić information content (AvgIpc) is 3.00. The Morgan fingerprint density at radius 3 is 2.52 bits per heavy atom. The van der Waals surface area contributed by atoms with Gasteiger partial charge < -0.3 is 5.32 Å². The van der Waals surface area contributed by atoms with Crippen LogP contribution in [0.5, 0.6) is 0 Å². The lowest BCUT2D eigenvalue weighted by Gasteiger charge is -2.25. The second-order valence-electron chi connectivity index (χ2n) is 5.93. The van der Waals surface area contributed by atoms with Crippen molar-refractivity contribution < 1.29 is 4.79 Å². The molecule has 1 unspecified atom stereocenters. The Balaban J connectivity index is 1.85. The molecular formula is C17H26N2OS. The molecule has 0 bridgehead atoms. The molecule has 0 heterocycles. The van der Waals surface area contributed by atoms with Crippen molar-refractivity contribution >= 4 is 17.7 Å². The number of nitrogens with one attached hydrogen (secondary N) is 1. The van der Waals surface area contributed by atoms with Gasteiger partial charge in [-0.1, -0.05) is 25.0 Å². The maximum absolute atomic E-state index is 12.3. The summed E-state index contributed by atoms with van der Waals surface area (Å²) in [7, 11) is 2.02. The summed E-state index contributed by atoms with van der Waals surface area (Å²) in [5.74, 6) is 0.158. The van der Waals surface area contributed by atoms with Crippen LogP contribution in [0.15, 0.2) is 29.2 Å². The predicted octanol–water partition coefficient (Wildman–Crippen LogP) is 3.29. The fourth-order valence-electron chi connectivity index (χ4n) is 2.75. The van der Waals surface area contributed by atoms with Crippen LogP contribution in [0.4, 0.5) is 0 Å². The first kappa shape index (κ1) is 16.4. The summed E-state index contributed by atoms with van der Waals surface area (Å²) in [6.07, 6.45) is 6.85. The van der Waals surface area contributed by atoms with Crippen LogP contribution in [0.25, 0.3) is 0 Å². The number of rotatable bonds is 6. The standard InChI is InChI=1S/C17H26N2OS/c1-13(17(20)18-15-6-4-5-7-15)19(2)12-14-8-10-16(21-3)11-9-14/h8-11,13,15H,4-7,12H2,1-3H3,(H,18,20). The highest BCUT2D eigenvalue weighted by molar-refractivity contribution is 7.98. The summed E-state index contributed by atoms with van der Waals surface area (Å²) in [4.78, 5) is 15.7. The molecule has 1 N–H and O–H groups in total. The summed E-state index contributed by atoms with van der Waals surface area (Å²) in [5.41, 5.74) is 1.25. The molecule has 4 heteroatoms. The van der Waals surface area contributed by atoms with E-state index in [0.29, 0.717) is 6.04 Å². The highest BCUT2D eigenvalue weighted by atomic mass is 32.2. The molecule has 1 aliphatic carbocycles. The summed E-state index contributed by atoms with van der Waals surface area (Å²) in [6.45, 7) is 2.79. The molecule has 0 saturated heterocycles. The van der Waals surface area contributed by atoms with Gasteiger partial charge in [0, 0.05) is 17.5 Å². The van der Waals surface area contributed by atoms with Crippen molar-refractivity contribution in [3.63, 3.8) is 0 Å². The highest BCUT2D eigenvalue weighted by Crippen LogP contribution is 2.18. The van der Waals surface area contributed by atoms with Gasteiger partial charge in [-0.15, -0.1) is 11.8 Å². The van der Waals surface area contributed by atoms with Gasteiger partial charge in [-0.3, -0.25) is 9.69 Å². The Morgan fingerprint density at radius 2 is 1.95 bits per heavy atom. The minimum atomic E-state index is -0.0918. The summed E-state index contributed by atoms with van der Waals surface area (Å²) in [5, 5.41) is 3.18. The molecule has 1 aliphatic rings. The van der Waals surface area contributed by atoms with Crippen molar-refractivity contribution in [1.82, 2.24) is 10.2 Å². The van der Waals surface area contributed by atoms with Gasteiger partial charge in [0.1, 0.15) is 0 Å². The first-order valence-corrected chi connectivity index (χ1v) is 8.96. The largest absolute Gasteiger partial charge is 0.352 e. The van der Waals surface area contributed by atoms with Crippen molar-refractivity contribution in [2.45, 2.75) is 56.1 Å². The number of carbonyl (C=O) groups is 1. The van der Waals surface area contributed by atoms with E-state index in [9.17, 15) is 4.79 Å². The van der Waals surface area contributed by atoms with E-state index < -0.39 is 0 Å². The minimum Gasteiger partial charge on any atom is -0.352 e. The van der Waals surface area contributed by atoms with Crippen LogP contribution in [0.2, 0.25) is 0 Å². The lowest BCUT2D eigenvalue weighted by atomic mass is 10.1. The molecule has 1 amide bonds. The molecule has 116 valence electrons. The van der Waals surface area contributed by atoms with Gasteiger partial charge in [0.2, 0.25) is 5.91 Å². The molecule has 1 aromatic carbocycles. The van der Waals surface area contributed by atoms with E-state index >= 15 is 0 Å². The third-order valence-corrected chi connectivity index (χ3v) is 5.08. The Hall–Kier alpha value is -1.00. The number of likely N-dealkylation sites (N-methyl/N-ethyl adjacent to an activating group) is 1.